The number of fused-ring (bicyclic) bond motifs is 1. The van der Waals surface area contributed by atoms with Crippen LogP contribution in [0.3, 0.4) is 0 Å². The number of rotatable bonds is 5. The van der Waals surface area contributed by atoms with Gasteiger partial charge in [0, 0.05) is 56.1 Å². The summed E-state index contributed by atoms with van der Waals surface area (Å²) in [6.45, 7) is 3.18. The molecule has 1 unspecified atom stereocenters. The summed E-state index contributed by atoms with van der Waals surface area (Å²) in [7, 11) is 1.78. The van der Waals surface area contributed by atoms with Gasteiger partial charge in [-0.1, -0.05) is 18.2 Å². The zero-order valence-corrected chi connectivity index (χ0v) is 16.3. The monoisotopic (exact) mass is 376 g/mol. The molecule has 1 amide bonds. The minimum atomic E-state index is 0.0713. The van der Waals surface area contributed by atoms with Gasteiger partial charge in [-0.15, -0.1) is 0 Å². The van der Waals surface area contributed by atoms with Crippen LogP contribution in [0.5, 0.6) is 0 Å². The Kier molecular flexibility index (Phi) is 6.43. The number of nitrogens with zero attached hydrogens (tertiary/aromatic N) is 1. The smallest absolute Gasteiger partial charge is 0.225 e. The standard InChI is InChI=1S/C19H28N4O2S/c1-20-18(22-13-19(26-2)7-9-25-10-8-19)21-12-14-11-17(24)23-16-6-4-3-5-15(14)16/h3-6,14H,7-13H2,1-2H3,(H,23,24)(H2,20,21,22). The Bertz CT molecular complexity index is 659. The highest BCUT2D eigenvalue weighted by atomic mass is 32.2. The summed E-state index contributed by atoms with van der Waals surface area (Å²) >= 11 is 1.90. The van der Waals surface area contributed by atoms with E-state index in [2.05, 4.69) is 33.3 Å². The summed E-state index contributed by atoms with van der Waals surface area (Å²) in [5.74, 6) is 1.01. The predicted octanol–water partition coefficient (Wildman–Crippen LogP) is 2.19. The summed E-state index contributed by atoms with van der Waals surface area (Å²) < 4.78 is 5.71. The maximum absolute atomic E-state index is 12.0. The van der Waals surface area contributed by atoms with Crippen molar-refractivity contribution in [1.82, 2.24) is 10.6 Å². The fraction of sp³-hybridized carbons (Fsp3) is 0.579. The fourth-order valence-corrected chi connectivity index (χ4v) is 4.36. The maximum Gasteiger partial charge on any atom is 0.225 e. The highest BCUT2D eigenvalue weighted by Gasteiger charge is 2.32. The van der Waals surface area contributed by atoms with E-state index >= 15 is 0 Å². The lowest BCUT2D eigenvalue weighted by Crippen LogP contribution is -2.48. The fourth-order valence-electron chi connectivity index (χ4n) is 3.57. The van der Waals surface area contributed by atoms with E-state index in [9.17, 15) is 4.79 Å². The van der Waals surface area contributed by atoms with Crippen molar-refractivity contribution in [2.45, 2.75) is 29.9 Å². The van der Waals surface area contributed by atoms with Crippen molar-refractivity contribution in [3.05, 3.63) is 29.8 Å². The second kappa shape index (κ2) is 8.77. The average Bonchev–Trinajstić information content (AvgIpc) is 2.68. The van der Waals surface area contributed by atoms with E-state index in [1.54, 1.807) is 7.05 Å². The molecule has 1 aromatic carbocycles. The van der Waals surface area contributed by atoms with Crippen molar-refractivity contribution in [2.75, 3.05) is 44.9 Å². The lowest BCUT2D eigenvalue weighted by Gasteiger charge is -2.36. The van der Waals surface area contributed by atoms with Gasteiger partial charge in [0.1, 0.15) is 0 Å². The molecule has 0 bridgehead atoms. The van der Waals surface area contributed by atoms with Crippen LogP contribution in [-0.4, -0.2) is 56.2 Å². The Morgan fingerprint density at radius 1 is 1.35 bits per heavy atom. The van der Waals surface area contributed by atoms with Crippen molar-refractivity contribution in [1.29, 1.82) is 0 Å². The maximum atomic E-state index is 12.0. The van der Waals surface area contributed by atoms with Crippen LogP contribution in [0.2, 0.25) is 0 Å². The van der Waals surface area contributed by atoms with E-state index in [4.69, 9.17) is 4.74 Å². The molecular weight excluding hydrogens is 348 g/mol. The van der Waals surface area contributed by atoms with E-state index in [1.807, 2.05) is 30.0 Å². The number of benzene rings is 1. The van der Waals surface area contributed by atoms with Crippen LogP contribution in [0, 0.1) is 0 Å². The topological polar surface area (TPSA) is 74.8 Å². The third kappa shape index (κ3) is 4.51. The number of ether oxygens (including phenoxy) is 1. The molecule has 0 aliphatic carbocycles. The van der Waals surface area contributed by atoms with Crippen molar-refractivity contribution >= 4 is 29.3 Å². The van der Waals surface area contributed by atoms with Crippen LogP contribution in [0.15, 0.2) is 29.3 Å². The summed E-state index contributed by atoms with van der Waals surface area (Å²) in [6.07, 6.45) is 4.76. The Morgan fingerprint density at radius 3 is 2.85 bits per heavy atom. The average molecular weight is 377 g/mol. The molecule has 1 aromatic rings. The predicted molar refractivity (Wildman–Crippen MR) is 108 cm³/mol. The molecule has 6 nitrogen and oxygen atoms in total. The number of carbonyl (C=O) groups is 1. The van der Waals surface area contributed by atoms with Gasteiger partial charge in [-0.25, -0.2) is 0 Å². The zero-order valence-electron chi connectivity index (χ0n) is 15.5. The largest absolute Gasteiger partial charge is 0.381 e. The van der Waals surface area contributed by atoms with E-state index in [0.717, 1.165) is 44.2 Å². The number of hydrogen-bond acceptors (Lipinski definition) is 4. The Labute approximate surface area is 159 Å². The van der Waals surface area contributed by atoms with Crippen LogP contribution in [-0.2, 0) is 9.53 Å². The molecule has 7 heteroatoms. The van der Waals surface area contributed by atoms with Crippen molar-refractivity contribution in [2.24, 2.45) is 4.99 Å². The van der Waals surface area contributed by atoms with Gasteiger partial charge < -0.3 is 20.7 Å². The van der Waals surface area contributed by atoms with Crippen LogP contribution in [0.1, 0.15) is 30.7 Å². The van der Waals surface area contributed by atoms with Gasteiger partial charge >= 0.3 is 0 Å². The first-order valence-electron chi connectivity index (χ1n) is 9.12. The third-order valence-electron chi connectivity index (χ3n) is 5.26. The number of hydrogen-bond donors (Lipinski definition) is 3. The quantitative estimate of drug-likeness (QED) is 0.543. The molecule has 3 N–H and O–H groups in total. The van der Waals surface area contributed by atoms with E-state index < -0.39 is 0 Å². The molecule has 0 saturated carbocycles. The minimum absolute atomic E-state index is 0.0713. The van der Waals surface area contributed by atoms with Crippen LogP contribution >= 0.6 is 11.8 Å². The summed E-state index contributed by atoms with van der Waals surface area (Å²) in [5.41, 5.74) is 2.10. The molecule has 1 saturated heterocycles. The summed E-state index contributed by atoms with van der Waals surface area (Å²) in [5, 5.41) is 9.81. The lowest BCUT2D eigenvalue weighted by atomic mass is 9.90. The Balaban J connectivity index is 1.57. The number of para-hydroxylation sites is 1. The second-order valence-electron chi connectivity index (χ2n) is 6.84. The van der Waals surface area contributed by atoms with Crippen molar-refractivity contribution in [3.63, 3.8) is 0 Å². The van der Waals surface area contributed by atoms with Crippen LogP contribution in [0.4, 0.5) is 5.69 Å². The number of amides is 1. The Morgan fingerprint density at radius 2 is 2.12 bits per heavy atom. The number of nitrogens with one attached hydrogen (secondary N) is 3. The first-order chi connectivity index (χ1) is 12.7. The number of carbonyl (C=O) groups excluding carboxylic acids is 1. The molecule has 0 aromatic heterocycles. The first kappa shape index (κ1) is 19.0. The number of anilines is 1. The molecule has 142 valence electrons. The van der Waals surface area contributed by atoms with Gasteiger partial charge in [0.2, 0.25) is 5.91 Å². The van der Waals surface area contributed by atoms with Crippen LogP contribution in [0.25, 0.3) is 0 Å². The van der Waals surface area contributed by atoms with E-state index in [-0.39, 0.29) is 16.6 Å². The SMILES string of the molecule is CN=C(NCC1CC(=O)Nc2ccccc21)NCC1(SC)CCOCC1. The van der Waals surface area contributed by atoms with E-state index in [1.165, 1.54) is 5.56 Å². The van der Waals surface area contributed by atoms with Gasteiger partial charge in [0.15, 0.2) is 5.96 Å². The van der Waals surface area contributed by atoms with Gasteiger partial charge in [0.05, 0.1) is 0 Å². The molecule has 0 radical (unpaired) electrons. The molecule has 1 atom stereocenters. The molecule has 2 heterocycles. The number of thioether (sulfide) groups is 1. The Hall–Kier alpha value is -1.73. The molecular formula is C19H28N4O2S. The first-order valence-corrected chi connectivity index (χ1v) is 10.3. The van der Waals surface area contributed by atoms with Crippen molar-refractivity contribution < 1.29 is 9.53 Å². The summed E-state index contributed by atoms with van der Waals surface area (Å²) in [4.78, 5) is 16.3. The molecule has 1 fully saturated rings. The van der Waals surface area contributed by atoms with Gasteiger partial charge in [-0.05, 0) is 30.7 Å². The molecule has 2 aliphatic rings. The normalized spacial score (nSPS) is 22.3. The second-order valence-corrected chi connectivity index (χ2v) is 8.12. The molecule has 26 heavy (non-hydrogen) atoms. The number of guanidine groups is 1. The van der Waals surface area contributed by atoms with E-state index in [0.29, 0.717) is 13.0 Å². The zero-order chi connectivity index (χ0) is 18.4. The third-order valence-corrected chi connectivity index (χ3v) is 6.68. The van der Waals surface area contributed by atoms with Crippen molar-refractivity contribution in [3.8, 4) is 0 Å². The lowest BCUT2D eigenvalue weighted by molar-refractivity contribution is -0.116. The van der Waals surface area contributed by atoms with Gasteiger partial charge in [-0.3, -0.25) is 9.79 Å². The highest BCUT2D eigenvalue weighted by Crippen LogP contribution is 2.33. The van der Waals surface area contributed by atoms with Gasteiger partial charge in [0.25, 0.3) is 0 Å². The summed E-state index contributed by atoms with van der Waals surface area (Å²) in [6, 6.07) is 8.01. The molecule has 0 spiro atoms. The van der Waals surface area contributed by atoms with Crippen LogP contribution < -0.4 is 16.0 Å². The molecule has 3 rings (SSSR count). The highest BCUT2D eigenvalue weighted by molar-refractivity contribution is 8.00. The minimum Gasteiger partial charge on any atom is -0.381 e. The molecule has 2 aliphatic heterocycles. The van der Waals surface area contributed by atoms with Gasteiger partial charge in [-0.2, -0.15) is 11.8 Å². The number of aliphatic imine (C=N–C) groups is 1.